The average Bonchev–Trinajstić information content (AvgIpc) is 2.27. The third-order valence-corrected chi connectivity index (χ3v) is 3.39. The van der Waals surface area contributed by atoms with Gasteiger partial charge in [-0.25, -0.2) is 0 Å². The molecule has 0 bridgehead atoms. The molecule has 0 radical (unpaired) electrons. The lowest BCUT2D eigenvalue weighted by Crippen LogP contribution is -2.43. The first-order valence-electron chi connectivity index (χ1n) is 6.79. The molecule has 0 aromatic heterocycles. The van der Waals surface area contributed by atoms with Crippen molar-refractivity contribution in [3.8, 4) is 0 Å². The Bertz CT molecular complexity index is 175. The van der Waals surface area contributed by atoms with Gasteiger partial charge in [-0.1, -0.05) is 13.3 Å². The van der Waals surface area contributed by atoms with E-state index in [0.29, 0.717) is 12.1 Å². The number of hydrogen-bond acceptors (Lipinski definition) is 3. The molecule has 1 aliphatic rings. The summed E-state index contributed by atoms with van der Waals surface area (Å²) in [6.07, 6.45) is 3.95. The predicted octanol–water partition coefficient (Wildman–Crippen LogP) is 1.88. The zero-order valence-corrected chi connectivity index (χ0v) is 11.2. The highest BCUT2D eigenvalue weighted by molar-refractivity contribution is 4.71. The quantitative estimate of drug-likeness (QED) is 0.673. The van der Waals surface area contributed by atoms with Gasteiger partial charge in [-0.3, -0.25) is 4.90 Å². The van der Waals surface area contributed by atoms with Crippen LogP contribution in [0.3, 0.4) is 0 Å². The van der Waals surface area contributed by atoms with Crippen LogP contribution in [0.25, 0.3) is 0 Å². The van der Waals surface area contributed by atoms with Gasteiger partial charge in [-0.05, 0) is 39.8 Å². The van der Waals surface area contributed by atoms with Crippen LogP contribution in [0.2, 0.25) is 0 Å². The molecule has 1 N–H and O–H groups in total. The molecule has 1 saturated heterocycles. The smallest absolute Gasteiger partial charge is 0.0619 e. The average molecular weight is 228 g/mol. The van der Waals surface area contributed by atoms with Gasteiger partial charge in [0.05, 0.1) is 13.2 Å². The fourth-order valence-corrected chi connectivity index (χ4v) is 2.31. The van der Waals surface area contributed by atoms with E-state index in [4.69, 9.17) is 4.74 Å². The van der Waals surface area contributed by atoms with E-state index in [1.165, 1.54) is 25.8 Å². The van der Waals surface area contributed by atoms with Gasteiger partial charge in [0.25, 0.3) is 0 Å². The Morgan fingerprint density at radius 2 is 2.25 bits per heavy atom. The minimum absolute atomic E-state index is 0.611. The molecule has 1 heterocycles. The van der Waals surface area contributed by atoms with E-state index in [2.05, 4.69) is 31.0 Å². The molecule has 0 aromatic carbocycles. The Balaban J connectivity index is 2.01. The van der Waals surface area contributed by atoms with Crippen LogP contribution in [0, 0.1) is 0 Å². The normalized spacial score (nSPS) is 24.6. The van der Waals surface area contributed by atoms with Crippen LogP contribution >= 0.6 is 0 Å². The van der Waals surface area contributed by atoms with Gasteiger partial charge < -0.3 is 10.1 Å². The molecule has 16 heavy (non-hydrogen) atoms. The highest BCUT2D eigenvalue weighted by Crippen LogP contribution is 2.09. The Labute approximate surface area is 101 Å². The van der Waals surface area contributed by atoms with E-state index < -0.39 is 0 Å². The van der Waals surface area contributed by atoms with Crippen molar-refractivity contribution in [2.75, 3.05) is 32.8 Å². The maximum absolute atomic E-state index is 5.44. The summed E-state index contributed by atoms with van der Waals surface area (Å²) in [6.45, 7) is 12.0. The zero-order chi connectivity index (χ0) is 11.8. The number of rotatable bonds is 7. The summed E-state index contributed by atoms with van der Waals surface area (Å²) in [6, 6.07) is 1.28. The number of unbranched alkanes of at least 4 members (excludes halogenated alkanes) is 1. The zero-order valence-electron chi connectivity index (χ0n) is 11.2. The summed E-state index contributed by atoms with van der Waals surface area (Å²) >= 11 is 0. The standard InChI is InChI=1S/C13H28N2O/c1-4-14-12(2)7-5-6-8-15-9-10-16-11-13(15)3/h12-14H,4-11H2,1-3H3. The van der Waals surface area contributed by atoms with E-state index in [1.807, 2.05) is 0 Å². The highest BCUT2D eigenvalue weighted by atomic mass is 16.5. The van der Waals surface area contributed by atoms with Crippen molar-refractivity contribution in [2.45, 2.75) is 52.1 Å². The second-order valence-corrected chi connectivity index (χ2v) is 4.91. The molecule has 1 aliphatic heterocycles. The van der Waals surface area contributed by atoms with Crippen molar-refractivity contribution in [3.63, 3.8) is 0 Å². The fraction of sp³-hybridized carbons (Fsp3) is 1.00. The largest absolute Gasteiger partial charge is 0.379 e. The first kappa shape index (κ1) is 13.9. The molecule has 0 aliphatic carbocycles. The van der Waals surface area contributed by atoms with E-state index in [-0.39, 0.29) is 0 Å². The second kappa shape index (κ2) is 8.04. The van der Waals surface area contributed by atoms with Crippen molar-refractivity contribution in [2.24, 2.45) is 0 Å². The molecule has 1 rings (SSSR count). The first-order chi connectivity index (χ1) is 7.74. The van der Waals surface area contributed by atoms with Crippen molar-refractivity contribution in [1.29, 1.82) is 0 Å². The lowest BCUT2D eigenvalue weighted by molar-refractivity contribution is -0.000960. The van der Waals surface area contributed by atoms with Gasteiger partial charge in [0.2, 0.25) is 0 Å². The molecule has 1 fully saturated rings. The molecule has 96 valence electrons. The topological polar surface area (TPSA) is 24.5 Å². The Morgan fingerprint density at radius 3 is 2.94 bits per heavy atom. The van der Waals surface area contributed by atoms with Crippen LogP contribution in [0.15, 0.2) is 0 Å². The highest BCUT2D eigenvalue weighted by Gasteiger charge is 2.17. The third kappa shape index (κ3) is 5.28. The van der Waals surface area contributed by atoms with Crippen LogP contribution in [-0.4, -0.2) is 49.8 Å². The first-order valence-corrected chi connectivity index (χ1v) is 6.79. The van der Waals surface area contributed by atoms with E-state index in [1.54, 1.807) is 0 Å². The molecule has 0 saturated carbocycles. The molecule has 0 spiro atoms. The van der Waals surface area contributed by atoms with Gasteiger partial charge >= 0.3 is 0 Å². The molecule has 3 heteroatoms. The number of morpholine rings is 1. The fourth-order valence-electron chi connectivity index (χ4n) is 2.31. The van der Waals surface area contributed by atoms with Crippen LogP contribution in [0.5, 0.6) is 0 Å². The van der Waals surface area contributed by atoms with Crippen LogP contribution in [-0.2, 0) is 4.74 Å². The van der Waals surface area contributed by atoms with Gasteiger partial charge in [0.1, 0.15) is 0 Å². The number of hydrogen-bond donors (Lipinski definition) is 1. The van der Waals surface area contributed by atoms with Crippen LogP contribution < -0.4 is 5.32 Å². The SMILES string of the molecule is CCNC(C)CCCCN1CCOCC1C. The molecule has 0 amide bonds. The Kier molecular flexibility index (Phi) is 7.01. The summed E-state index contributed by atoms with van der Waals surface area (Å²) in [7, 11) is 0. The lowest BCUT2D eigenvalue weighted by atomic mass is 10.1. The van der Waals surface area contributed by atoms with Gasteiger partial charge in [0.15, 0.2) is 0 Å². The van der Waals surface area contributed by atoms with Crippen molar-refractivity contribution in [3.05, 3.63) is 0 Å². The summed E-state index contributed by atoms with van der Waals surface area (Å²) in [5.41, 5.74) is 0. The molecule has 2 atom stereocenters. The summed E-state index contributed by atoms with van der Waals surface area (Å²) < 4.78 is 5.44. The van der Waals surface area contributed by atoms with E-state index >= 15 is 0 Å². The van der Waals surface area contributed by atoms with Gasteiger partial charge in [0, 0.05) is 18.6 Å². The van der Waals surface area contributed by atoms with Crippen molar-refractivity contribution >= 4 is 0 Å². The number of nitrogens with one attached hydrogen (secondary N) is 1. The third-order valence-electron chi connectivity index (χ3n) is 3.39. The molecular weight excluding hydrogens is 200 g/mol. The monoisotopic (exact) mass is 228 g/mol. The van der Waals surface area contributed by atoms with Crippen LogP contribution in [0.1, 0.15) is 40.0 Å². The van der Waals surface area contributed by atoms with E-state index in [9.17, 15) is 0 Å². The molecule has 2 unspecified atom stereocenters. The molecular formula is C13H28N2O. The summed E-state index contributed by atoms with van der Waals surface area (Å²) in [5, 5.41) is 3.46. The Morgan fingerprint density at radius 1 is 1.44 bits per heavy atom. The van der Waals surface area contributed by atoms with Gasteiger partial charge in [-0.2, -0.15) is 0 Å². The summed E-state index contributed by atoms with van der Waals surface area (Å²) in [5.74, 6) is 0. The minimum atomic E-state index is 0.611. The predicted molar refractivity (Wildman–Crippen MR) is 68.8 cm³/mol. The maximum Gasteiger partial charge on any atom is 0.0619 e. The van der Waals surface area contributed by atoms with E-state index in [0.717, 1.165) is 26.3 Å². The molecule has 0 aromatic rings. The lowest BCUT2D eigenvalue weighted by Gasteiger charge is -2.33. The summed E-state index contributed by atoms with van der Waals surface area (Å²) in [4.78, 5) is 2.56. The minimum Gasteiger partial charge on any atom is -0.379 e. The Hall–Kier alpha value is -0.120. The van der Waals surface area contributed by atoms with Crippen LogP contribution in [0.4, 0.5) is 0 Å². The molecule has 3 nitrogen and oxygen atoms in total. The second-order valence-electron chi connectivity index (χ2n) is 4.91. The number of nitrogens with zero attached hydrogens (tertiary/aromatic N) is 1. The van der Waals surface area contributed by atoms with Crippen molar-refractivity contribution in [1.82, 2.24) is 10.2 Å². The maximum atomic E-state index is 5.44. The van der Waals surface area contributed by atoms with Crippen molar-refractivity contribution < 1.29 is 4.74 Å². The van der Waals surface area contributed by atoms with Gasteiger partial charge in [-0.15, -0.1) is 0 Å². The number of ether oxygens (including phenoxy) is 1.